The van der Waals surface area contributed by atoms with Gasteiger partial charge in [0, 0.05) is 12.4 Å². The van der Waals surface area contributed by atoms with Crippen molar-refractivity contribution in [1.29, 1.82) is 0 Å². The maximum absolute atomic E-state index is 11.5. The first-order chi connectivity index (χ1) is 7.17. The molecule has 0 aliphatic heterocycles. The molecule has 1 N–H and O–H groups in total. The molecule has 0 bridgehead atoms. The third-order valence-corrected chi connectivity index (χ3v) is 3.00. The number of hydrogen-bond donors (Lipinski definition) is 1. The van der Waals surface area contributed by atoms with Gasteiger partial charge in [-0.05, 0) is 18.9 Å². The number of carboxylic acid groups (broad SMARTS) is 1. The summed E-state index contributed by atoms with van der Waals surface area (Å²) in [6, 6.07) is 1.59. The van der Waals surface area contributed by atoms with Crippen molar-refractivity contribution in [1.82, 2.24) is 9.55 Å². The van der Waals surface area contributed by atoms with Gasteiger partial charge in [-0.25, -0.2) is 14.6 Å². The zero-order chi connectivity index (χ0) is 10.9. The molecule has 1 aliphatic carbocycles. The quantitative estimate of drug-likeness (QED) is 0.772. The second-order valence-corrected chi connectivity index (χ2v) is 3.82. The normalized spacial score (nSPS) is 18.9. The third kappa shape index (κ3) is 1.44. The van der Waals surface area contributed by atoms with Crippen LogP contribution < -0.4 is 5.69 Å². The van der Waals surface area contributed by atoms with Crippen molar-refractivity contribution in [3.63, 3.8) is 0 Å². The first kappa shape index (κ1) is 9.89. The summed E-state index contributed by atoms with van der Waals surface area (Å²) in [5.74, 6) is -0.935. The highest BCUT2D eigenvalue weighted by molar-refractivity contribution is 5.77. The fourth-order valence-corrected chi connectivity index (χ4v) is 2.20. The summed E-state index contributed by atoms with van der Waals surface area (Å²) in [4.78, 5) is 26.4. The number of aliphatic carboxylic acids is 1. The lowest BCUT2D eigenvalue weighted by Crippen LogP contribution is -2.45. The molecule has 1 aliphatic rings. The molecule has 1 aromatic rings. The van der Waals surface area contributed by atoms with Gasteiger partial charge in [-0.3, -0.25) is 4.57 Å². The second kappa shape index (κ2) is 3.49. The number of rotatable bonds is 2. The Bertz CT molecular complexity index is 432. The molecule has 80 valence electrons. The topological polar surface area (TPSA) is 72.2 Å². The summed E-state index contributed by atoms with van der Waals surface area (Å²) >= 11 is 0. The van der Waals surface area contributed by atoms with E-state index < -0.39 is 17.2 Å². The molecule has 2 rings (SSSR count). The van der Waals surface area contributed by atoms with Crippen molar-refractivity contribution in [2.45, 2.75) is 31.2 Å². The Morgan fingerprint density at radius 1 is 1.47 bits per heavy atom. The van der Waals surface area contributed by atoms with Crippen LogP contribution in [0.15, 0.2) is 23.3 Å². The molecular weight excluding hydrogens is 196 g/mol. The largest absolute Gasteiger partial charge is 0.479 e. The van der Waals surface area contributed by atoms with Crippen LogP contribution >= 0.6 is 0 Å². The number of nitrogens with zero attached hydrogens (tertiary/aromatic N) is 2. The van der Waals surface area contributed by atoms with Crippen LogP contribution in [-0.2, 0) is 10.3 Å². The monoisotopic (exact) mass is 208 g/mol. The predicted octanol–water partition coefficient (Wildman–Crippen LogP) is 0.597. The van der Waals surface area contributed by atoms with E-state index in [0.29, 0.717) is 12.8 Å². The molecule has 0 saturated heterocycles. The first-order valence-corrected chi connectivity index (χ1v) is 4.94. The van der Waals surface area contributed by atoms with E-state index in [1.165, 1.54) is 17.0 Å². The number of aromatic nitrogens is 2. The maximum Gasteiger partial charge on any atom is 0.348 e. The summed E-state index contributed by atoms with van der Waals surface area (Å²) in [6.45, 7) is 0. The average Bonchev–Trinajstić information content (AvgIpc) is 2.68. The molecule has 0 unspecified atom stereocenters. The van der Waals surface area contributed by atoms with E-state index in [1.54, 1.807) is 6.07 Å². The molecule has 1 heterocycles. The summed E-state index contributed by atoms with van der Waals surface area (Å²) in [5.41, 5.74) is -1.55. The van der Waals surface area contributed by atoms with Gasteiger partial charge in [-0.1, -0.05) is 12.8 Å². The Morgan fingerprint density at radius 3 is 2.67 bits per heavy atom. The fourth-order valence-electron chi connectivity index (χ4n) is 2.20. The van der Waals surface area contributed by atoms with Crippen LogP contribution in [-0.4, -0.2) is 20.6 Å². The summed E-state index contributed by atoms with van der Waals surface area (Å²) in [7, 11) is 0. The van der Waals surface area contributed by atoms with Crippen LogP contribution in [0.25, 0.3) is 0 Å². The molecule has 0 amide bonds. The Morgan fingerprint density at radius 2 is 2.13 bits per heavy atom. The van der Waals surface area contributed by atoms with Crippen molar-refractivity contribution < 1.29 is 9.90 Å². The van der Waals surface area contributed by atoms with E-state index in [-0.39, 0.29) is 0 Å². The standard InChI is InChI=1S/C10H12N2O3/c13-8(14)10(4-1-2-5-10)12-7-3-6-11-9(12)15/h3,6-7H,1-2,4-5H2,(H,13,14). The molecule has 5 heteroatoms. The Hall–Kier alpha value is -1.65. The van der Waals surface area contributed by atoms with E-state index in [4.69, 9.17) is 0 Å². The van der Waals surface area contributed by atoms with Crippen molar-refractivity contribution in [3.8, 4) is 0 Å². The molecule has 1 fully saturated rings. The summed E-state index contributed by atoms with van der Waals surface area (Å²) < 4.78 is 1.25. The van der Waals surface area contributed by atoms with Gasteiger partial charge in [0.2, 0.25) is 0 Å². The molecule has 0 atom stereocenters. The number of carboxylic acids is 1. The number of carbonyl (C=O) groups is 1. The summed E-state index contributed by atoms with van der Waals surface area (Å²) in [5, 5.41) is 9.25. The van der Waals surface area contributed by atoms with Crippen LogP contribution in [0.2, 0.25) is 0 Å². The smallest absolute Gasteiger partial charge is 0.348 e. The highest BCUT2D eigenvalue weighted by atomic mass is 16.4. The van der Waals surface area contributed by atoms with Crippen LogP contribution in [0.5, 0.6) is 0 Å². The minimum atomic E-state index is -1.06. The molecule has 0 spiro atoms. The lowest BCUT2D eigenvalue weighted by atomic mass is 9.97. The SMILES string of the molecule is O=C(O)C1(n2cccnc2=O)CCCC1. The van der Waals surface area contributed by atoms with Crippen molar-refractivity contribution in [2.24, 2.45) is 0 Å². The molecule has 5 nitrogen and oxygen atoms in total. The highest BCUT2D eigenvalue weighted by Gasteiger charge is 2.43. The van der Waals surface area contributed by atoms with Gasteiger partial charge in [-0.15, -0.1) is 0 Å². The Labute approximate surface area is 86.4 Å². The average molecular weight is 208 g/mol. The second-order valence-electron chi connectivity index (χ2n) is 3.82. The molecule has 0 aromatic carbocycles. The Balaban J connectivity index is 2.55. The molecule has 1 saturated carbocycles. The fraction of sp³-hybridized carbons (Fsp3) is 0.500. The maximum atomic E-state index is 11.5. The van der Waals surface area contributed by atoms with E-state index in [2.05, 4.69) is 4.98 Å². The van der Waals surface area contributed by atoms with Crippen LogP contribution in [0.4, 0.5) is 0 Å². The third-order valence-electron chi connectivity index (χ3n) is 3.00. The summed E-state index contributed by atoms with van der Waals surface area (Å²) in [6.07, 6.45) is 5.58. The van der Waals surface area contributed by atoms with Crippen LogP contribution in [0.3, 0.4) is 0 Å². The molecule has 1 aromatic heterocycles. The zero-order valence-corrected chi connectivity index (χ0v) is 8.22. The first-order valence-electron chi connectivity index (χ1n) is 4.94. The van der Waals surface area contributed by atoms with Gasteiger partial charge < -0.3 is 5.11 Å². The zero-order valence-electron chi connectivity index (χ0n) is 8.22. The minimum Gasteiger partial charge on any atom is -0.479 e. The van der Waals surface area contributed by atoms with E-state index in [9.17, 15) is 14.7 Å². The number of hydrogen-bond acceptors (Lipinski definition) is 3. The highest BCUT2D eigenvalue weighted by Crippen LogP contribution is 2.35. The van der Waals surface area contributed by atoms with Crippen LogP contribution in [0, 0.1) is 0 Å². The molecular formula is C10H12N2O3. The van der Waals surface area contributed by atoms with E-state index in [0.717, 1.165) is 12.8 Å². The van der Waals surface area contributed by atoms with E-state index >= 15 is 0 Å². The van der Waals surface area contributed by atoms with Gasteiger partial charge >= 0.3 is 11.7 Å². The predicted molar refractivity (Wildman–Crippen MR) is 52.6 cm³/mol. The Kier molecular flexibility index (Phi) is 2.30. The van der Waals surface area contributed by atoms with Gasteiger partial charge in [0.25, 0.3) is 0 Å². The van der Waals surface area contributed by atoms with E-state index in [1.807, 2.05) is 0 Å². The minimum absolute atomic E-state index is 0.484. The van der Waals surface area contributed by atoms with Crippen molar-refractivity contribution in [2.75, 3.05) is 0 Å². The van der Waals surface area contributed by atoms with Crippen molar-refractivity contribution >= 4 is 5.97 Å². The van der Waals surface area contributed by atoms with Crippen LogP contribution in [0.1, 0.15) is 25.7 Å². The molecule has 15 heavy (non-hydrogen) atoms. The lowest BCUT2D eigenvalue weighted by molar-refractivity contribution is -0.147. The van der Waals surface area contributed by atoms with Gasteiger partial charge in [0.1, 0.15) is 5.54 Å². The van der Waals surface area contributed by atoms with Gasteiger partial charge in [0.15, 0.2) is 0 Å². The van der Waals surface area contributed by atoms with Gasteiger partial charge in [-0.2, -0.15) is 0 Å². The van der Waals surface area contributed by atoms with Gasteiger partial charge in [0.05, 0.1) is 0 Å². The van der Waals surface area contributed by atoms with Crippen molar-refractivity contribution in [3.05, 3.63) is 28.9 Å². The lowest BCUT2D eigenvalue weighted by Gasteiger charge is -2.25. The molecule has 0 radical (unpaired) electrons.